The molecule has 1 aromatic rings. The van der Waals surface area contributed by atoms with Crippen molar-refractivity contribution in [2.45, 2.75) is 39.0 Å². The van der Waals surface area contributed by atoms with Crippen molar-refractivity contribution in [3.05, 3.63) is 20.8 Å². The van der Waals surface area contributed by atoms with Crippen LogP contribution in [0.2, 0.25) is 0 Å². The second kappa shape index (κ2) is 8.31. The maximum atomic E-state index is 3.49. The Morgan fingerprint density at radius 1 is 1.20 bits per heavy atom. The Morgan fingerprint density at radius 2 is 2.07 bits per heavy atom. The summed E-state index contributed by atoms with van der Waals surface area (Å²) in [6.07, 6.45) is 6.45. The van der Waals surface area contributed by atoms with E-state index in [1.807, 2.05) is 11.3 Å². The monoisotopic (exact) mass is 289 g/mol. The normalized spacial score (nSPS) is 10.8. The zero-order valence-electron chi connectivity index (χ0n) is 9.39. The Balaban J connectivity index is 1.93. The minimum Gasteiger partial charge on any atom is -0.317 e. The lowest BCUT2D eigenvalue weighted by Gasteiger charge is -2.02. The predicted molar refractivity (Wildman–Crippen MR) is 72.7 cm³/mol. The van der Waals surface area contributed by atoms with E-state index >= 15 is 0 Å². The van der Waals surface area contributed by atoms with Crippen LogP contribution in [0.25, 0.3) is 0 Å². The van der Waals surface area contributed by atoms with Crippen LogP contribution in [0.5, 0.6) is 0 Å². The van der Waals surface area contributed by atoms with Gasteiger partial charge in [0, 0.05) is 4.88 Å². The second-order valence-corrected chi connectivity index (χ2v) is 6.31. The van der Waals surface area contributed by atoms with Crippen LogP contribution >= 0.6 is 27.3 Å². The van der Waals surface area contributed by atoms with Gasteiger partial charge in [0.1, 0.15) is 0 Å². The lowest BCUT2D eigenvalue weighted by molar-refractivity contribution is 0.600. The van der Waals surface area contributed by atoms with E-state index in [9.17, 15) is 0 Å². The molecule has 0 saturated heterocycles. The number of thiophene rings is 1. The highest BCUT2D eigenvalue weighted by Crippen LogP contribution is 2.23. The lowest BCUT2D eigenvalue weighted by Crippen LogP contribution is -2.15. The molecule has 1 N–H and O–H groups in total. The van der Waals surface area contributed by atoms with Gasteiger partial charge in [-0.25, -0.2) is 0 Å². The van der Waals surface area contributed by atoms with Crippen molar-refractivity contribution in [2.24, 2.45) is 0 Å². The molecule has 0 unspecified atom stereocenters. The largest absolute Gasteiger partial charge is 0.317 e. The zero-order chi connectivity index (χ0) is 10.9. The van der Waals surface area contributed by atoms with Crippen LogP contribution in [0.4, 0.5) is 0 Å². The molecular formula is C12H20BrNS. The summed E-state index contributed by atoms with van der Waals surface area (Å²) in [5.41, 5.74) is 0. The molecule has 0 amide bonds. The molecule has 0 aromatic carbocycles. The quantitative estimate of drug-likeness (QED) is 0.707. The Hall–Kier alpha value is 0.140. The van der Waals surface area contributed by atoms with Crippen molar-refractivity contribution in [1.29, 1.82) is 0 Å². The van der Waals surface area contributed by atoms with E-state index in [2.05, 4.69) is 40.3 Å². The van der Waals surface area contributed by atoms with Crippen LogP contribution in [0.15, 0.2) is 15.9 Å². The smallest absolute Gasteiger partial charge is 0.0701 e. The van der Waals surface area contributed by atoms with Gasteiger partial charge in [-0.15, -0.1) is 11.3 Å². The molecule has 0 saturated carbocycles. The van der Waals surface area contributed by atoms with Gasteiger partial charge in [0.2, 0.25) is 0 Å². The molecule has 0 atom stereocenters. The SMILES string of the molecule is CCCNCCCCCc1ccc(Br)s1. The average Bonchev–Trinajstić information content (AvgIpc) is 2.63. The van der Waals surface area contributed by atoms with Gasteiger partial charge in [0.15, 0.2) is 0 Å². The number of hydrogen-bond donors (Lipinski definition) is 1. The van der Waals surface area contributed by atoms with Crippen LogP contribution in [-0.2, 0) is 6.42 Å². The number of unbranched alkanes of at least 4 members (excludes halogenated alkanes) is 2. The zero-order valence-corrected chi connectivity index (χ0v) is 11.8. The first kappa shape index (κ1) is 13.2. The maximum Gasteiger partial charge on any atom is 0.0701 e. The van der Waals surface area contributed by atoms with Crippen molar-refractivity contribution in [3.63, 3.8) is 0 Å². The van der Waals surface area contributed by atoms with Gasteiger partial charge in [-0.05, 0) is 66.8 Å². The summed E-state index contributed by atoms with van der Waals surface area (Å²) in [7, 11) is 0. The first-order valence-corrected chi connectivity index (χ1v) is 7.39. The molecule has 86 valence electrons. The molecule has 0 spiro atoms. The van der Waals surface area contributed by atoms with E-state index in [-0.39, 0.29) is 0 Å². The first-order chi connectivity index (χ1) is 7.33. The van der Waals surface area contributed by atoms with E-state index < -0.39 is 0 Å². The predicted octanol–water partition coefficient (Wildman–Crippen LogP) is 4.22. The van der Waals surface area contributed by atoms with Crippen molar-refractivity contribution in [3.8, 4) is 0 Å². The van der Waals surface area contributed by atoms with Crippen molar-refractivity contribution >= 4 is 27.3 Å². The van der Waals surface area contributed by atoms with Crippen molar-refractivity contribution in [2.75, 3.05) is 13.1 Å². The number of rotatable bonds is 8. The second-order valence-electron chi connectivity index (χ2n) is 3.77. The molecule has 0 aliphatic carbocycles. The summed E-state index contributed by atoms with van der Waals surface area (Å²) in [6.45, 7) is 4.56. The van der Waals surface area contributed by atoms with E-state index in [0.29, 0.717) is 0 Å². The highest BCUT2D eigenvalue weighted by Gasteiger charge is 1.97. The molecule has 0 fully saturated rings. The van der Waals surface area contributed by atoms with Gasteiger partial charge in [-0.1, -0.05) is 13.3 Å². The summed E-state index contributed by atoms with van der Waals surface area (Å²) in [5, 5.41) is 3.43. The molecule has 0 aliphatic rings. The van der Waals surface area contributed by atoms with Gasteiger partial charge in [0.05, 0.1) is 3.79 Å². The number of nitrogens with one attached hydrogen (secondary N) is 1. The summed E-state index contributed by atoms with van der Waals surface area (Å²) in [6, 6.07) is 4.37. The number of halogens is 1. The Morgan fingerprint density at radius 3 is 2.73 bits per heavy atom. The third-order valence-electron chi connectivity index (χ3n) is 2.33. The molecule has 1 aromatic heterocycles. The molecule has 1 rings (SSSR count). The van der Waals surface area contributed by atoms with Gasteiger partial charge in [0.25, 0.3) is 0 Å². The topological polar surface area (TPSA) is 12.0 Å². The van der Waals surface area contributed by atoms with Gasteiger partial charge in [-0.2, -0.15) is 0 Å². The molecule has 1 heterocycles. The molecule has 15 heavy (non-hydrogen) atoms. The summed E-state index contributed by atoms with van der Waals surface area (Å²) < 4.78 is 1.25. The molecule has 0 aliphatic heterocycles. The molecule has 0 radical (unpaired) electrons. The summed E-state index contributed by atoms with van der Waals surface area (Å²) >= 11 is 5.35. The number of hydrogen-bond acceptors (Lipinski definition) is 2. The lowest BCUT2D eigenvalue weighted by atomic mass is 10.2. The van der Waals surface area contributed by atoms with E-state index in [0.717, 1.165) is 6.54 Å². The van der Waals surface area contributed by atoms with Crippen LogP contribution in [-0.4, -0.2) is 13.1 Å². The van der Waals surface area contributed by atoms with Crippen molar-refractivity contribution < 1.29 is 0 Å². The molecule has 0 bridgehead atoms. The molecule has 1 nitrogen and oxygen atoms in total. The third-order valence-corrected chi connectivity index (χ3v) is 4.02. The van der Waals surface area contributed by atoms with Gasteiger partial charge in [-0.3, -0.25) is 0 Å². The van der Waals surface area contributed by atoms with Crippen LogP contribution in [0.1, 0.15) is 37.5 Å². The van der Waals surface area contributed by atoms with Gasteiger partial charge >= 0.3 is 0 Å². The van der Waals surface area contributed by atoms with Gasteiger partial charge < -0.3 is 5.32 Å². The highest BCUT2D eigenvalue weighted by molar-refractivity contribution is 9.11. The fraction of sp³-hybridized carbons (Fsp3) is 0.667. The third kappa shape index (κ3) is 6.33. The summed E-state index contributed by atoms with van der Waals surface area (Å²) in [4.78, 5) is 1.50. The van der Waals surface area contributed by atoms with Crippen molar-refractivity contribution in [1.82, 2.24) is 5.32 Å². The highest BCUT2D eigenvalue weighted by atomic mass is 79.9. The van der Waals surface area contributed by atoms with Crippen LogP contribution in [0.3, 0.4) is 0 Å². The minimum absolute atomic E-state index is 1.16. The van der Waals surface area contributed by atoms with E-state index in [1.54, 1.807) is 0 Å². The van der Waals surface area contributed by atoms with E-state index in [1.165, 1.54) is 47.3 Å². The summed E-state index contributed by atoms with van der Waals surface area (Å²) in [5.74, 6) is 0. The fourth-order valence-electron chi connectivity index (χ4n) is 1.51. The Bertz CT molecular complexity index is 260. The van der Waals surface area contributed by atoms with Crippen LogP contribution < -0.4 is 5.32 Å². The molecule has 3 heteroatoms. The van der Waals surface area contributed by atoms with E-state index in [4.69, 9.17) is 0 Å². The number of aryl methyl sites for hydroxylation is 1. The van der Waals surface area contributed by atoms with Crippen LogP contribution in [0, 0.1) is 0 Å². The first-order valence-electron chi connectivity index (χ1n) is 5.78. The molecular weight excluding hydrogens is 270 g/mol. The Labute approximate surface area is 105 Å². The Kier molecular flexibility index (Phi) is 7.32. The minimum atomic E-state index is 1.16. The maximum absolute atomic E-state index is 3.49. The fourth-order valence-corrected chi connectivity index (χ4v) is 3.04. The average molecular weight is 290 g/mol. The standard InChI is InChI=1S/C12H20BrNS/c1-2-9-14-10-5-3-4-6-11-7-8-12(13)15-11/h7-8,14H,2-6,9-10H2,1H3.